The molecule has 5 nitrogen and oxygen atoms in total. The summed E-state index contributed by atoms with van der Waals surface area (Å²) in [6.45, 7) is 2.87. The third kappa shape index (κ3) is 4.66. The number of anilines is 1. The number of likely N-dealkylation sites (N-methyl/N-ethyl adjacent to an activating group) is 1. The average molecular weight is 315 g/mol. The fraction of sp³-hybridized carbons (Fsp3) is 0.571. The Morgan fingerprint density at radius 2 is 2.05 bits per heavy atom. The third-order valence-electron chi connectivity index (χ3n) is 3.81. The maximum Gasteiger partial charge on any atom is 0.210 e. The molecule has 0 bridgehead atoms. The molecule has 1 aliphatic rings. The van der Waals surface area contributed by atoms with Crippen LogP contribution in [0, 0.1) is 5.82 Å². The molecule has 1 aliphatic heterocycles. The lowest BCUT2D eigenvalue weighted by molar-refractivity contribution is 0.445. The Morgan fingerprint density at radius 1 is 1.38 bits per heavy atom. The summed E-state index contributed by atoms with van der Waals surface area (Å²) in [5, 5.41) is 3.37. The van der Waals surface area contributed by atoms with E-state index in [-0.39, 0.29) is 5.82 Å². The highest BCUT2D eigenvalue weighted by Gasteiger charge is 2.22. The monoisotopic (exact) mass is 315 g/mol. The van der Waals surface area contributed by atoms with Crippen LogP contribution in [0.5, 0.6) is 0 Å². The van der Waals surface area contributed by atoms with Gasteiger partial charge in [0.2, 0.25) is 10.0 Å². The third-order valence-corrected chi connectivity index (χ3v) is 5.12. The summed E-state index contributed by atoms with van der Waals surface area (Å²) < 4.78 is 36.8. The van der Waals surface area contributed by atoms with Gasteiger partial charge < -0.3 is 10.2 Å². The second-order valence-electron chi connectivity index (χ2n) is 5.45. The minimum absolute atomic E-state index is 0.226. The summed E-state index contributed by atoms with van der Waals surface area (Å²) in [6, 6.07) is 6.85. The van der Waals surface area contributed by atoms with Crippen molar-refractivity contribution < 1.29 is 12.8 Å². The van der Waals surface area contributed by atoms with Gasteiger partial charge in [0.1, 0.15) is 5.82 Å². The van der Waals surface area contributed by atoms with Crippen LogP contribution < -0.4 is 10.2 Å². The number of hydrogen-bond acceptors (Lipinski definition) is 4. The molecule has 1 saturated heterocycles. The van der Waals surface area contributed by atoms with Crippen LogP contribution in [-0.2, 0) is 10.0 Å². The highest BCUT2D eigenvalue weighted by molar-refractivity contribution is 7.88. The first-order chi connectivity index (χ1) is 9.86. The van der Waals surface area contributed by atoms with Gasteiger partial charge in [-0.25, -0.2) is 17.1 Å². The van der Waals surface area contributed by atoms with E-state index >= 15 is 0 Å². The molecule has 1 aromatic carbocycles. The Balaban J connectivity index is 1.77. The molecule has 7 heteroatoms. The van der Waals surface area contributed by atoms with Gasteiger partial charge in [-0.05, 0) is 30.7 Å². The van der Waals surface area contributed by atoms with E-state index in [0.29, 0.717) is 19.1 Å². The van der Waals surface area contributed by atoms with Crippen LogP contribution in [0.25, 0.3) is 0 Å². The Kier molecular flexibility index (Phi) is 5.18. The number of nitrogens with zero attached hydrogens (tertiary/aromatic N) is 2. The number of sulfonamides is 1. The number of halogens is 1. The smallest absolute Gasteiger partial charge is 0.210 e. The van der Waals surface area contributed by atoms with Gasteiger partial charge in [0.05, 0.1) is 6.26 Å². The van der Waals surface area contributed by atoms with Crippen LogP contribution in [0.15, 0.2) is 24.3 Å². The normalized spacial score (nSPS) is 19.4. The van der Waals surface area contributed by atoms with E-state index in [4.69, 9.17) is 0 Å². The van der Waals surface area contributed by atoms with Crippen molar-refractivity contribution in [3.8, 4) is 0 Å². The van der Waals surface area contributed by atoms with Crippen LogP contribution in [0.1, 0.15) is 6.42 Å². The van der Waals surface area contributed by atoms with Crippen LogP contribution in [0.2, 0.25) is 0 Å². The molecule has 0 aliphatic carbocycles. The topological polar surface area (TPSA) is 52.6 Å². The van der Waals surface area contributed by atoms with E-state index in [1.54, 1.807) is 19.2 Å². The molecule has 0 saturated carbocycles. The van der Waals surface area contributed by atoms with E-state index in [1.807, 2.05) is 0 Å². The molecular weight excluding hydrogens is 293 g/mol. The van der Waals surface area contributed by atoms with Gasteiger partial charge in [0.15, 0.2) is 0 Å². The molecular formula is C14H22FN3O2S. The zero-order chi connectivity index (χ0) is 15.5. The summed E-state index contributed by atoms with van der Waals surface area (Å²) in [5.41, 5.74) is 1.02. The molecule has 2 rings (SSSR count). The van der Waals surface area contributed by atoms with Gasteiger partial charge >= 0.3 is 0 Å². The van der Waals surface area contributed by atoms with Crippen molar-refractivity contribution >= 4 is 15.7 Å². The molecule has 21 heavy (non-hydrogen) atoms. The highest BCUT2D eigenvalue weighted by Crippen LogP contribution is 2.20. The first kappa shape index (κ1) is 16.2. The Hall–Kier alpha value is -1.18. The summed E-state index contributed by atoms with van der Waals surface area (Å²) in [5.74, 6) is -0.226. The van der Waals surface area contributed by atoms with Gasteiger partial charge in [-0.1, -0.05) is 0 Å². The first-order valence-electron chi connectivity index (χ1n) is 7.01. The molecule has 0 aromatic heterocycles. The van der Waals surface area contributed by atoms with E-state index in [9.17, 15) is 12.8 Å². The second kappa shape index (κ2) is 6.72. The van der Waals surface area contributed by atoms with Gasteiger partial charge in [0, 0.05) is 45.0 Å². The van der Waals surface area contributed by atoms with Crippen LogP contribution in [-0.4, -0.2) is 58.2 Å². The highest BCUT2D eigenvalue weighted by atomic mass is 32.2. The van der Waals surface area contributed by atoms with Crippen LogP contribution >= 0.6 is 0 Å². The second-order valence-corrected chi connectivity index (χ2v) is 7.54. The lowest BCUT2D eigenvalue weighted by atomic mass is 10.2. The maximum atomic E-state index is 12.9. The molecule has 1 fully saturated rings. The minimum atomic E-state index is -3.11. The molecule has 1 atom stereocenters. The van der Waals surface area contributed by atoms with Crippen molar-refractivity contribution in [2.45, 2.75) is 12.5 Å². The molecule has 0 unspecified atom stereocenters. The Morgan fingerprint density at radius 3 is 2.67 bits per heavy atom. The van der Waals surface area contributed by atoms with Crippen molar-refractivity contribution in [1.29, 1.82) is 0 Å². The minimum Gasteiger partial charge on any atom is -0.370 e. The quantitative estimate of drug-likeness (QED) is 0.847. The molecule has 0 radical (unpaired) electrons. The van der Waals surface area contributed by atoms with E-state index in [1.165, 1.54) is 22.7 Å². The molecule has 1 heterocycles. The largest absolute Gasteiger partial charge is 0.370 e. The zero-order valence-electron chi connectivity index (χ0n) is 12.4. The summed E-state index contributed by atoms with van der Waals surface area (Å²) in [7, 11) is -1.53. The predicted octanol–water partition coefficient (Wildman–Crippen LogP) is 0.885. The van der Waals surface area contributed by atoms with E-state index in [0.717, 1.165) is 25.2 Å². The number of rotatable bonds is 6. The summed E-state index contributed by atoms with van der Waals surface area (Å²) in [4.78, 5) is 2.21. The molecule has 0 amide bonds. The Labute approximate surface area is 125 Å². The maximum absolute atomic E-state index is 12.9. The summed E-state index contributed by atoms with van der Waals surface area (Å²) >= 11 is 0. The van der Waals surface area contributed by atoms with Gasteiger partial charge in [-0.3, -0.25) is 0 Å². The fourth-order valence-electron chi connectivity index (χ4n) is 2.41. The van der Waals surface area contributed by atoms with Crippen molar-refractivity contribution in [2.24, 2.45) is 0 Å². The van der Waals surface area contributed by atoms with Crippen molar-refractivity contribution in [3.63, 3.8) is 0 Å². The lowest BCUT2D eigenvalue weighted by Crippen LogP contribution is -2.39. The SMILES string of the molecule is CN(CCN[C@H]1CCN(c2ccc(F)cc2)C1)S(C)(=O)=O. The fourth-order valence-corrected chi connectivity index (χ4v) is 2.83. The van der Waals surface area contributed by atoms with E-state index < -0.39 is 10.0 Å². The number of benzene rings is 1. The number of nitrogens with one attached hydrogen (secondary N) is 1. The zero-order valence-corrected chi connectivity index (χ0v) is 13.2. The molecule has 1 aromatic rings. The van der Waals surface area contributed by atoms with Crippen LogP contribution in [0.4, 0.5) is 10.1 Å². The van der Waals surface area contributed by atoms with Gasteiger partial charge in [-0.15, -0.1) is 0 Å². The predicted molar refractivity (Wildman–Crippen MR) is 82.5 cm³/mol. The van der Waals surface area contributed by atoms with Crippen molar-refractivity contribution in [3.05, 3.63) is 30.1 Å². The van der Waals surface area contributed by atoms with Crippen molar-refractivity contribution in [2.75, 3.05) is 44.4 Å². The standard InChI is InChI=1S/C14H22FN3O2S/c1-17(21(2,19)20)10-8-16-13-7-9-18(11-13)14-5-3-12(15)4-6-14/h3-6,13,16H,7-11H2,1-2H3/t13-/m0/s1. The van der Waals surface area contributed by atoms with Gasteiger partial charge in [-0.2, -0.15) is 0 Å². The van der Waals surface area contributed by atoms with E-state index in [2.05, 4.69) is 10.2 Å². The molecule has 118 valence electrons. The molecule has 0 spiro atoms. The van der Waals surface area contributed by atoms with Crippen molar-refractivity contribution in [1.82, 2.24) is 9.62 Å². The van der Waals surface area contributed by atoms with Crippen LogP contribution in [0.3, 0.4) is 0 Å². The average Bonchev–Trinajstić information content (AvgIpc) is 2.87. The molecule has 1 N–H and O–H groups in total. The number of hydrogen-bond donors (Lipinski definition) is 1. The van der Waals surface area contributed by atoms with Gasteiger partial charge in [0.25, 0.3) is 0 Å². The summed E-state index contributed by atoms with van der Waals surface area (Å²) in [6.07, 6.45) is 2.21. The lowest BCUT2D eigenvalue weighted by Gasteiger charge is -2.20. The Bertz CT molecular complexity index is 562. The first-order valence-corrected chi connectivity index (χ1v) is 8.86.